The highest BCUT2D eigenvalue weighted by atomic mass is 127. The molecule has 14 heavy (non-hydrogen) atoms. The third-order valence-electron chi connectivity index (χ3n) is 2.01. The second-order valence-electron chi connectivity index (χ2n) is 3.81. The van der Waals surface area contributed by atoms with Crippen molar-refractivity contribution in [3.05, 3.63) is 31.8 Å². The first-order valence-electron chi connectivity index (χ1n) is 4.63. The van der Waals surface area contributed by atoms with Gasteiger partial charge in [-0.1, -0.05) is 29.8 Å². The van der Waals surface area contributed by atoms with Crippen LogP contribution in [0.4, 0.5) is 0 Å². The maximum absolute atomic E-state index is 9.96. The molecule has 0 bridgehead atoms. The normalized spacial score (nSPS) is 13.3. The van der Waals surface area contributed by atoms with Crippen LogP contribution in [-0.2, 0) is 0 Å². The molecule has 0 radical (unpaired) electrons. The standard InChI is InChI=1S/C11H14BrIO/c1-7(2)5-11(14)9-6-8(13)3-4-10(9)12/h3-4,6-7,11,14H,5H2,1-2H3. The Morgan fingerprint density at radius 1 is 1.43 bits per heavy atom. The van der Waals surface area contributed by atoms with Crippen LogP contribution in [0.2, 0.25) is 0 Å². The molecule has 0 aliphatic heterocycles. The molecule has 0 amide bonds. The van der Waals surface area contributed by atoms with Crippen LogP contribution in [0.1, 0.15) is 31.9 Å². The third-order valence-corrected chi connectivity index (χ3v) is 3.40. The smallest absolute Gasteiger partial charge is 0.0803 e. The highest BCUT2D eigenvalue weighted by Crippen LogP contribution is 2.29. The molecule has 0 heterocycles. The lowest BCUT2D eigenvalue weighted by Gasteiger charge is -2.15. The van der Waals surface area contributed by atoms with Crippen LogP contribution in [0.3, 0.4) is 0 Å². The average molecular weight is 369 g/mol. The van der Waals surface area contributed by atoms with Crippen LogP contribution in [0.5, 0.6) is 0 Å². The van der Waals surface area contributed by atoms with E-state index >= 15 is 0 Å². The Bertz CT molecular complexity index is 312. The maximum atomic E-state index is 9.96. The fourth-order valence-electron chi connectivity index (χ4n) is 1.34. The van der Waals surface area contributed by atoms with E-state index in [0.717, 1.165) is 20.0 Å². The van der Waals surface area contributed by atoms with Crippen LogP contribution in [0.25, 0.3) is 0 Å². The van der Waals surface area contributed by atoms with Gasteiger partial charge in [-0.05, 0) is 58.7 Å². The Balaban J connectivity index is 2.88. The van der Waals surface area contributed by atoms with Crippen LogP contribution in [0.15, 0.2) is 22.7 Å². The number of benzene rings is 1. The minimum Gasteiger partial charge on any atom is -0.388 e. The van der Waals surface area contributed by atoms with Crippen molar-refractivity contribution in [2.45, 2.75) is 26.4 Å². The van der Waals surface area contributed by atoms with E-state index < -0.39 is 0 Å². The molecule has 0 saturated carbocycles. The molecule has 0 saturated heterocycles. The van der Waals surface area contributed by atoms with Crippen molar-refractivity contribution < 1.29 is 5.11 Å². The van der Waals surface area contributed by atoms with Gasteiger partial charge in [-0.2, -0.15) is 0 Å². The Morgan fingerprint density at radius 3 is 2.64 bits per heavy atom. The van der Waals surface area contributed by atoms with Gasteiger partial charge in [0.2, 0.25) is 0 Å². The van der Waals surface area contributed by atoms with Gasteiger partial charge in [-0.25, -0.2) is 0 Å². The van der Waals surface area contributed by atoms with E-state index in [0.29, 0.717) is 5.92 Å². The third kappa shape index (κ3) is 3.51. The molecular formula is C11H14BrIO. The molecule has 1 rings (SSSR count). The van der Waals surface area contributed by atoms with Crippen molar-refractivity contribution in [2.75, 3.05) is 0 Å². The van der Waals surface area contributed by atoms with E-state index in [1.54, 1.807) is 0 Å². The zero-order valence-electron chi connectivity index (χ0n) is 8.30. The number of aliphatic hydroxyl groups excluding tert-OH is 1. The van der Waals surface area contributed by atoms with Gasteiger partial charge in [0.15, 0.2) is 0 Å². The van der Waals surface area contributed by atoms with Crippen molar-refractivity contribution >= 4 is 38.5 Å². The molecule has 1 aromatic carbocycles. The lowest BCUT2D eigenvalue weighted by molar-refractivity contribution is 0.150. The molecule has 1 N–H and O–H groups in total. The zero-order chi connectivity index (χ0) is 10.7. The predicted octanol–water partition coefficient (Wildman–Crippen LogP) is 4.13. The van der Waals surface area contributed by atoms with E-state index in [2.05, 4.69) is 52.4 Å². The second-order valence-corrected chi connectivity index (χ2v) is 5.91. The predicted molar refractivity (Wildman–Crippen MR) is 71.3 cm³/mol. The molecule has 0 aliphatic carbocycles. The van der Waals surface area contributed by atoms with Gasteiger partial charge in [0.05, 0.1) is 6.10 Å². The molecule has 0 spiro atoms. The fraction of sp³-hybridized carbons (Fsp3) is 0.455. The van der Waals surface area contributed by atoms with Gasteiger partial charge < -0.3 is 5.11 Å². The lowest BCUT2D eigenvalue weighted by Crippen LogP contribution is -2.03. The maximum Gasteiger partial charge on any atom is 0.0803 e. The average Bonchev–Trinajstić information content (AvgIpc) is 2.08. The van der Waals surface area contributed by atoms with Gasteiger partial charge >= 0.3 is 0 Å². The lowest BCUT2D eigenvalue weighted by atomic mass is 10.00. The summed E-state index contributed by atoms with van der Waals surface area (Å²) in [6.07, 6.45) is 0.442. The molecule has 0 aliphatic rings. The Hall–Kier alpha value is 0.390. The molecule has 0 fully saturated rings. The van der Waals surface area contributed by atoms with E-state index in [1.165, 1.54) is 0 Å². The zero-order valence-corrected chi connectivity index (χ0v) is 12.0. The van der Waals surface area contributed by atoms with Crippen LogP contribution in [-0.4, -0.2) is 5.11 Å². The molecule has 1 aromatic rings. The Kier molecular flexibility index (Phi) is 4.87. The van der Waals surface area contributed by atoms with Gasteiger partial charge in [0.1, 0.15) is 0 Å². The summed E-state index contributed by atoms with van der Waals surface area (Å²) in [5.41, 5.74) is 0.991. The minimum atomic E-state index is -0.362. The van der Waals surface area contributed by atoms with Crippen molar-refractivity contribution in [3.63, 3.8) is 0 Å². The van der Waals surface area contributed by atoms with Gasteiger partial charge in [0.25, 0.3) is 0 Å². The monoisotopic (exact) mass is 368 g/mol. The second kappa shape index (κ2) is 5.47. The highest BCUT2D eigenvalue weighted by Gasteiger charge is 2.13. The number of hydrogen-bond acceptors (Lipinski definition) is 1. The first kappa shape index (κ1) is 12.5. The molecule has 0 aromatic heterocycles. The van der Waals surface area contributed by atoms with Gasteiger partial charge in [0, 0.05) is 8.04 Å². The van der Waals surface area contributed by atoms with Gasteiger partial charge in [-0.3, -0.25) is 0 Å². The first-order chi connectivity index (χ1) is 6.50. The van der Waals surface area contributed by atoms with E-state index in [-0.39, 0.29) is 6.10 Å². The molecule has 78 valence electrons. The number of rotatable bonds is 3. The summed E-state index contributed by atoms with van der Waals surface area (Å²) in [5.74, 6) is 0.509. The van der Waals surface area contributed by atoms with Gasteiger partial charge in [-0.15, -0.1) is 0 Å². The number of halogens is 2. The van der Waals surface area contributed by atoms with E-state index in [9.17, 15) is 5.11 Å². The summed E-state index contributed by atoms with van der Waals surface area (Å²) in [6.45, 7) is 4.23. The van der Waals surface area contributed by atoms with Crippen molar-refractivity contribution in [1.29, 1.82) is 0 Å². The molecule has 3 heteroatoms. The largest absolute Gasteiger partial charge is 0.388 e. The fourth-order valence-corrected chi connectivity index (χ4v) is 2.37. The van der Waals surface area contributed by atoms with Crippen molar-refractivity contribution in [3.8, 4) is 0 Å². The Morgan fingerprint density at radius 2 is 2.07 bits per heavy atom. The van der Waals surface area contributed by atoms with E-state index in [4.69, 9.17) is 0 Å². The summed E-state index contributed by atoms with van der Waals surface area (Å²) in [7, 11) is 0. The summed E-state index contributed by atoms with van der Waals surface area (Å²) >= 11 is 5.71. The molecule has 1 unspecified atom stereocenters. The topological polar surface area (TPSA) is 20.2 Å². The minimum absolute atomic E-state index is 0.362. The first-order valence-corrected chi connectivity index (χ1v) is 6.51. The van der Waals surface area contributed by atoms with Crippen LogP contribution >= 0.6 is 38.5 Å². The Labute approximate surface area is 107 Å². The highest BCUT2D eigenvalue weighted by molar-refractivity contribution is 14.1. The van der Waals surface area contributed by atoms with Crippen molar-refractivity contribution in [2.24, 2.45) is 5.92 Å². The number of aliphatic hydroxyl groups is 1. The summed E-state index contributed by atoms with van der Waals surface area (Å²) in [5, 5.41) is 9.96. The van der Waals surface area contributed by atoms with Crippen LogP contribution in [0, 0.1) is 9.49 Å². The molecule has 1 atom stereocenters. The quantitative estimate of drug-likeness (QED) is 0.795. The summed E-state index contributed by atoms with van der Waals surface area (Å²) in [6, 6.07) is 6.04. The van der Waals surface area contributed by atoms with E-state index in [1.807, 2.05) is 18.2 Å². The summed E-state index contributed by atoms with van der Waals surface area (Å²) < 4.78 is 2.15. The summed E-state index contributed by atoms with van der Waals surface area (Å²) in [4.78, 5) is 0. The number of hydrogen-bond donors (Lipinski definition) is 1. The van der Waals surface area contributed by atoms with Crippen molar-refractivity contribution in [1.82, 2.24) is 0 Å². The molecule has 1 nitrogen and oxygen atoms in total. The molecular weight excluding hydrogens is 355 g/mol. The SMILES string of the molecule is CC(C)CC(O)c1cc(I)ccc1Br. The van der Waals surface area contributed by atoms with Crippen LogP contribution < -0.4 is 0 Å².